The third-order valence-electron chi connectivity index (χ3n) is 2.80. The van der Waals surface area contributed by atoms with Crippen molar-refractivity contribution in [1.82, 2.24) is 5.32 Å². The third-order valence-corrected chi connectivity index (χ3v) is 2.80. The molecule has 0 aliphatic heterocycles. The summed E-state index contributed by atoms with van der Waals surface area (Å²) < 4.78 is 5.16. The van der Waals surface area contributed by atoms with Crippen LogP contribution < -0.4 is 5.32 Å². The minimum atomic E-state index is -0.325. The molecule has 0 bridgehead atoms. The minimum Gasteiger partial charge on any atom is -0.445 e. The maximum absolute atomic E-state index is 11.5. The number of rotatable bonds is 3. The summed E-state index contributed by atoms with van der Waals surface area (Å²) in [5.41, 5.74) is 1.01. The maximum Gasteiger partial charge on any atom is 0.407 e. The second-order valence-electron chi connectivity index (χ2n) is 4.19. The number of ether oxygens (including phenoxy) is 1. The molecule has 17 heavy (non-hydrogen) atoms. The van der Waals surface area contributed by atoms with Crippen molar-refractivity contribution < 1.29 is 9.53 Å². The summed E-state index contributed by atoms with van der Waals surface area (Å²) in [5, 5.41) is 2.88. The zero-order valence-electron chi connectivity index (χ0n) is 9.76. The monoisotopic (exact) mass is 231 g/mol. The molecule has 0 aromatic heterocycles. The fourth-order valence-electron chi connectivity index (χ4n) is 1.86. The molecule has 1 aromatic rings. The lowest BCUT2D eigenvalue weighted by atomic mass is 10.0. The van der Waals surface area contributed by atoms with E-state index in [9.17, 15) is 4.79 Å². The van der Waals surface area contributed by atoms with Gasteiger partial charge in [-0.15, -0.1) is 0 Å². The van der Waals surface area contributed by atoms with Gasteiger partial charge in [0.2, 0.25) is 0 Å². The van der Waals surface area contributed by atoms with Crippen LogP contribution in [0.5, 0.6) is 0 Å². The lowest BCUT2D eigenvalue weighted by Gasteiger charge is -2.18. The highest BCUT2D eigenvalue weighted by molar-refractivity contribution is 5.67. The van der Waals surface area contributed by atoms with Crippen molar-refractivity contribution >= 4 is 6.09 Å². The van der Waals surface area contributed by atoms with Crippen LogP contribution in [-0.4, -0.2) is 12.1 Å². The zero-order valence-corrected chi connectivity index (χ0v) is 9.76. The van der Waals surface area contributed by atoms with Crippen LogP contribution in [-0.2, 0) is 11.3 Å². The molecule has 0 saturated heterocycles. The van der Waals surface area contributed by atoms with Gasteiger partial charge in [-0.25, -0.2) is 4.79 Å². The highest BCUT2D eigenvalue weighted by Gasteiger charge is 2.13. The van der Waals surface area contributed by atoms with E-state index >= 15 is 0 Å². The molecule has 0 radical (unpaired) electrons. The van der Waals surface area contributed by atoms with Crippen molar-refractivity contribution in [3.05, 3.63) is 48.0 Å². The van der Waals surface area contributed by atoms with Gasteiger partial charge in [0.1, 0.15) is 6.61 Å². The first kappa shape index (κ1) is 11.7. The fourth-order valence-corrected chi connectivity index (χ4v) is 1.86. The van der Waals surface area contributed by atoms with Gasteiger partial charge in [-0.3, -0.25) is 0 Å². The number of hydrogen-bond donors (Lipinski definition) is 1. The van der Waals surface area contributed by atoms with Crippen LogP contribution in [0.25, 0.3) is 0 Å². The smallest absolute Gasteiger partial charge is 0.407 e. The second-order valence-corrected chi connectivity index (χ2v) is 4.19. The van der Waals surface area contributed by atoms with Gasteiger partial charge in [-0.05, 0) is 24.8 Å². The molecule has 0 spiro atoms. The Morgan fingerprint density at radius 1 is 1.29 bits per heavy atom. The average molecular weight is 231 g/mol. The van der Waals surface area contributed by atoms with E-state index in [1.807, 2.05) is 30.3 Å². The van der Waals surface area contributed by atoms with E-state index in [1.54, 1.807) is 0 Å². The Hall–Kier alpha value is -1.77. The lowest BCUT2D eigenvalue weighted by Crippen LogP contribution is -2.35. The van der Waals surface area contributed by atoms with E-state index in [1.165, 1.54) is 0 Å². The van der Waals surface area contributed by atoms with Gasteiger partial charge >= 0.3 is 6.09 Å². The quantitative estimate of drug-likeness (QED) is 0.812. The van der Waals surface area contributed by atoms with Crippen LogP contribution in [0.1, 0.15) is 24.8 Å². The largest absolute Gasteiger partial charge is 0.445 e. The molecule has 1 aliphatic rings. The van der Waals surface area contributed by atoms with Gasteiger partial charge in [0.25, 0.3) is 0 Å². The molecule has 0 heterocycles. The first-order valence-electron chi connectivity index (χ1n) is 5.97. The standard InChI is InChI=1S/C14H17NO2/c16-14(15-13-9-5-2-6-10-13)17-11-12-7-3-1-4-8-12/h1-5,7-8,13H,6,9-11H2,(H,15,16). The first-order chi connectivity index (χ1) is 8.34. The number of allylic oxidation sites excluding steroid dienone is 1. The van der Waals surface area contributed by atoms with Crippen molar-refractivity contribution in [3.8, 4) is 0 Å². The van der Waals surface area contributed by atoms with Gasteiger partial charge in [0.15, 0.2) is 0 Å². The van der Waals surface area contributed by atoms with Crippen LogP contribution in [0.15, 0.2) is 42.5 Å². The number of hydrogen-bond acceptors (Lipinski definition) is 2. The Balaban J connectivity index is 1.72. The predicted molar refractivity (Wildman–Crippen MR) is 66.5 cm³/mol. The molecule has 0 saturated carbocycles. The summed E-state index contributed by atoms with van der Waals surface area (Å²) >= 11 is 0. The van der Waals surface area contributed by atoms with Gasteiger partial charge in [-0.2, -0.15) is 0 Å². The number of nitrogens with one attached hydrogen (secondary N) is 1. The van der Waals surface area contributed by atoms with Crippen molar-refractivity contribution in [2.24, 2.45) is 0 Å². The number of benzene rings is 1. The molecule has 90 valence electrons. The van der Waals surface area contributed by atoms with Crippen LogP contribution in [0.3, 0.4) is 0 Å². The highest BCUT2D eigenvalue weighted by atomic mass is 16.5. The van der Waals surface area contributed by atoms with Crippen LogP contribution >= 0.6 is 0 Å². The predicted octanol–water partition coefficient (Wildman–Crippen LogP) is 3.02. The molecule has 1 unspecified atom stereocenters. The zero-order chi connectivity index (χ0) is 11.9. The lowest BCUT2D eigenvalue weighted by molar-refractivity contribution is 0.135. The topological polar surface area (TPSA) is 38.3 Å². The SMILES string of the molecule is O=C(NC1CC=CCC1)OCc1ccccc1. The first-order valence-corrected chi connectivity index (χ1v) is 5.97. The molecule has 3 heteroatoms. The van der Waals surface area contributed by atoms with Crippen molar-refractivity contribution in [2.75, 3.05) is 0 Å². The van der Waals surface area contributed by atoms with Gasteiger partial charge in [0, 0.05) is 6.04 Å². The van der Waals surface area contributed by atoms with E-state index in [2.05, 4.69) is 17.5 Å². The highest BCUT2D eigenvalue weighted by Crippen LogP contribution is 2.10. The van der Waals surface area contributed by atoms with Gasteiger partial charge in [0.05, 0.1) is 0 Å². The molecular formula is C14H17NO2. The van der Waals surface area contributed by atoms with Crippen molar-refractivity contribution in [3.63, 3.8) is 0 Å². The molecule has 3 nitrogen and oxygen atoms in total. The van der Waals surface area contributed by atoms with Gasteiger partial charge in [-0.1, -0.05) is 42.5 Å². The number of carbonyl (C=O) groups is 1. The van der Waals surface area contributed by atoms with Crippen molar-refractivity contribution in [2.45, 2.75) is 31.9 Å². The molecule has 2 rings (SSSR count). The summed E-state index contributed by atoms with van der Waals surface area (Å²) in [6.45, 7) is 0.329. The summed E-state index contributed by atoms with van der Waals surface area (Å²) in [6.07, 6.45) is 6.86. The Labute approximate surface area is 101 Å². The van der Waals surface area contributed by atoms with Crippen molar-refractivity contribution in [1.29, 1.82) is 0 Å². The second kappa shape index (κ2) is 6.09. The molecule has 0 fully saturated rings. The molecular weight excluding hydrogens is 214 g/mol. The van der Waals surface area contributed by atoms with Crippen LogP contribution in [0, 0.1) is 0 Å². The van der Waals surface area contributed by atoms with Crippen LogP contribution in [0.4, 0.5) is 4.79 Å². The molecule has 1 atom stereocenters. The molecule has 1 amide bonds. The van der Waals surface area contributed by atoms with Crippen LogP contribution in [0.2, 0.25) is 0 Å². The Morgan fingerprint density at radius 3 is 2.82 bits per heavy atom. The Bertz CT molecular complexity index is 386. The number of amides is 1. The van der Waals surface area contributed by atoms with E-state index in [0.29, 0.717) is 6.61 Å². The van der Waals surface area contributed by atoms with E-state index < -0.39 is 0 Å². The summed E-state index contributed by atoms with van der Waals surface area (Å²) in [6, 6.07) is 9.92. The summed E-state index contributed by atoms with van der Waals surface area (Å²) in [4.78, 5) is 11.5. The minimum absolute atomic E-state index is 0.225. The molecule has 1 aromatic carbocycles. The molecule has 1 aliphatic carbocycles. The summed E-state index contributed by atoms with van der Waals surface area (Å²) in [7, 11) is 0. The van der Waals surface area contributed by atoms with E-state index in [4.69, 9.17) is 4.74 Å². The van der Waals surface area contributed by atoms with E-state index in [0.717, 1.165) is 24.8 Å². The van der Waals surface area contributed by atoms with E-state index in [-0.39, 0.29) is 12.1 Å². The number of alkyl carbamates (subject to hydrolysis) is 1. The van der Waals surface area contributed by atoms with Gasteiger partial charge < -0.3 is 10.1 Å². The number of carbonyl (C=O) groups excluding carboxylic acids is 1. The average Bonchev–Trinajstić information content (AvgIpc) is 2.39. The normalized spacial score (nSPS) is 18.7. The third kappa shape index (κ3) is 3.94. The molecule has 1 N–H and O–H groups in total. The fraction of sp³-hybridized carbons (Fsp3) is 0.357. The summed E-state index contributed by atoms with van der Waals surface area (Å²) in [5.74, 6) is 0. The maximum atomic E-state index is 11.5. The Morgan fingerprint density at radius 2 is 2.12 bits per heavy atom. The Kier molecular flexibility index (Phi) is 4.19.